The van der Waals surface area contributed by atoms with Gasteiger partial charge >= 0.3 is 0 Å². The molecule has 0 amide bonds. The summed E-state index contributed by atoms with van der Waals surface area (Å²) >= 11 is 1.57. The van der Waals surface area contributed by atoms with E-state index >= 15 is 0 Å². The van der Waals surface area contributed by atoms with Crippen molar-refractivity contribution in [2.45, 2.75) is 40.0 Å². The minimum absolute atomic E-state index is 0.0663. The molecule has 8 heteroatoms. The van der Waals surface area contributed by atoms with E-state index in [1.165, 1.54) is 0 Å². The van der Waals surface area contributed by atoms with Crippen molar-refractivity contribution < 1.29 is 9.26 Å². The van der Waals surface area contributed by atoms with Gasteiger partial charge in [0.05, 0.1) is 11.2 Å². The van der Waals surface area contributed by atoms with E-state index in [2.05, 4.69) is 85.6 Å². The van der Waals surface area contributed by atoms with E-state index in [1.54, 1.807) is 11.3 Å². The monoisotopic (exact) mass is 489 g/mol. The molecule has 0 aliphatic heterocycles. The maximum atomic E-state index is 5.89. The SMILES string of the molecule is CCN(CC)CCOc1ccc2c(n1)sc1nc(-c3ccc(-c4cc(C(C)(C)C)on4)cc3)cn12. The first-order valence-electron chi connectivity index (χ1n) is 12.1. The zero-order chi connectivity index (χ0) is 24.6. The summed E-state index contributed by atoms with van der Waals surface area (Å²) in [7, 11) is 0. The molecule has 0 radical (unpaired) electrons. The number of rotatable bonds is 8. The van der Waals surface area contributed by atoms with Gasteiger partial charge in [-0.2, -0.15) is 0 Å². The van der Waals surface area contributed by atoms with Crippen LogP contribution >= 0.6 is 11.3 Å². The van der Waals surface area contributed by atoms with Gasteiger partial charge in [-0.3, -0.25) is 4.40 Å². The molecule has 0 atom stereocenters. The van der Waals surface area contributed by atoms with Gasteiger partial charge in [-0.1, -0.05) is 75.4 Å². The predicted octanol–water partition coefficient (Wildman–Crippen LogP) is 6.28. The lowest BCUT2D eigenvalue weighted by Crippen LogP contribution is -2.28. The molecule has 5 rings (SSSR count). The number of aromatic nitrogens is 4. The van der Waals surface area contributed by atoms with Gasteiger partial charge in [-0.05, 0) is 19.2 Å². The number of ether oxygens (including phenoxy) is 1. The first kappa shape index (κ1) is 23.5. The number of hydrogen-bond acceptors (Lipinski definition) is 7. The van der Waals surface area contributed by atoms with Crippen LogP contribution < -0.4 is 4.74 Å². The Balaban J connectivity index is 1.33. The summed E-state index contributed by atoms with van der Waals surface area (Å²) in [5.74, 6) is 1.54. The lowest BCUT2D eigenvalue weighted by molar-refractivity contribution is 0.218. The average Bonchev–Trinajstić information content (AvgIpc) is 3.56. The summed E-state index contributed by atoms with van der Waals surface area (Å²) in [5.41, 5.74) is 4.83. The second-order valence-electron chi connectivity index (χ2n) is 9.63. The molecule has 1 aromatic carbocycles. The highest BCUT2D eigenvalue weighted by molar-refractivity contribution is 7.23. The quantitative estimate of drug-likeness (QED) is 0.255. The van der Waals surface area contributed by atoms with Crippen molar-refractivity contribution in [1.82, 2.24) is 24.4 Å². The van der Waals surface area contributed by atoms with Crippen LogP contribution in [0.15, 0.2) is 53.2 Å². The molecule has 0 aliphatic rings. The number of thiazole rings is 1. The Labute approximate surface area is 209 Å². The largest absolute Gasteiger partial charge is 0.476 e. The molecule has 0 spiro atoms. The second kappa shape index (κ2) is 9.43. The molecule has 35 heavy (non-hydrogen) atoms. The molecule has 4 aromatic heterocycles. The van der Waals surface area contributed by atoms with Crippen LogP contribution in [0.4, 0.5) is 0 Å². The van der Waals surface area contributed by atoms with Crippen molar-refractivity contribution in [3.05, 3.63) is 54.4 Å². The fourth-order valence-electron chi connectivity index (χ4n) is 3.98. The number of fused-ring (bicyclic) bond motifs is 3. The van der Waals surface area contributed by atoms with Gasteiger partial charge in [0.25, 0.3) is 0 Å². The van der Waals surface area contributed by atoms with E-state index < -0.39 is 0 Å². The first-order valence-corrected chi connectivity index (χ1v) is 12.9. The Kier molecular flexibility index (Phi) is 6.34. The third-order valence-electron chi connectivity index (χ3n) is 6.21. The van der Waals surface area contributed by atoms with Crippen LogP contribution in [0.25, 0.3) is 37.8 Å². The fraction of sp³-hybridized carbons (Fsp3) is 0.370. The molecule has 0 aliphatic carbocycles. The summed E-state index contributed by atoms with van der Waals surface area (Å²) in [6.45, 7) is 14.3. The maximum absolute atomic E-state index is 5.89. The molecular formula is C27H31N5O2S. The molecule has 0 N–H and O–H groups in total. The van der Waals surface area contributed by atoms with Crippen molar-refractivity contribution in [2.75, 3.05) is 26.2 Å². The van der Waals surface area contributed by atoms with E-state index in [1.807, 2.05) is 12.1 Å². The third kappa shape index (κ3) is 4.81. The Bertz CT molecular complexity index is 1440. The molecule has 7 nitrogen and oxygen atoms in total. The number of hydrogen-bond donors (Lipinski definition) is 0. The molecule has 4 heterocycles. The molecular weight excluding hydrogens is 458 g/mol. The Morgan fingerprint density at radius 1 is 0.971 bits per heavy atom. The Morgan fingerprint density at radius 3 is 2.34 bits per heavy atom. The Hall–Kier alpha value is -3.23. The van der Waals surface area contributed by atoms with Gasteiger partial charge in [0, 0.05) is 41.4 Å². The third-order valence-corrected chi connectivity index (χ3v) is 7.18. The first-order chi connectivity index (χ1) is 16.9. The van der Waals surface area contributed by atoms with Gasteiger partial charge in [0.15, 0.2) is 4.96 Å². The summed E-state index contributed by atoms with van der Waals surface area (Å²) in [5, 5.41) is 4.25. The summed E-state index contributed by atoms with van der Waals surface area (Å²) < 4.78 is 13.5. The standard InChI is InChI=1S/C27H31N5O2S/c1-6-31(7-2)14-15-33-24-13-12-22-25(29-24)35-26-28-21(17-32(22)26)19-10-8-18(9-11-19)20-16-23(34-30-20)27(3,4)5/h8-13,16-17H,6-7,14-15H2,1-5H3. The van der Waals surface area contributed by atoms with Crippen LogP contribution in [0.3, 0.4) is 0 Å². The second-order valence-corrected chi connectivity index (χ2v) is 10.6. The number of pyridine rings is 1. The maximum Gasteiger partial charge on any atom is 0.214 e. The molecule has 0 bridgehead atoms. The zero-order valence-corrected chi connectivity index (χ0v) is 21.7. The van der Waals surface area contributed by atoms with Gasteiger partial charge in [-0.15, -0.1) is 0 Å². The molecule has 182 valence electrons. The van der Waals surface area contributed by atoms with Gasteiger partial charge in [-0.25, -0.2) is 9.97 Å². The van der Waals surface area contributed by atoms with Gasteiger partial charge < -0.3 is 14.2 Å². The minimum Gasteiger partial charge on any atom is -0.476 e. The number of benzene rings is 1. The molecule has 0 unspecified atom stereocenters. The van der Waals surface area contributed by atoms with E-state index in [0.717, 1.165) is 63.2 Å². The van der Waals surface area contributed by atoms with Crippen LogP contribution in [0.1, 0.15) is 40.4 Å². The Morgan fingerprint density at radius 2 is 1.69 bits per heavy atom. The van der Waals surface area contributed by atoms with Gasteiger partial charge in [0.1, 0.15) is 22.9 Å². The lowest BCUT2D eigenvalue weighted by atomic mass is 9.93. The van der Waals surface area contributed by atoms with Crippen LogP contribution in [0.5, 0.6) is 5.88 Å². The summed E-state index contributed by atoms with van der Waals surface area (Å²) in [6, 6.07) is 14.3. The molecule has 5 aromatic rings. The zero-order valence-electron chi connectivity index (χ0n) is 20.9. The van der Waals surface area contributed by atoms with Crippen molar-refractivity contribution in [1.29, 1.82) is 0 Å². The van der Waals surface area contributed by atoms with E-state index in [-0.39, 0.29) is 5.41 Å². The number of nitrogens with zero attached hydrogens (tertiary/aromatic N) is 5. The minimum atomic E-state index is -0.0663. The normalized spacial score (nSPS) is 12.3. The van der Waals surface area contributed by atoms with Crippen LogP contribution in [-0.2, 0) is 5.41 Å². The average molecular weight is 490 g/mol. The van der Waals surface area contributed by atoms with Gasteiger partial charge in [0.2, 0.25) is 5.88 Å². The number of imidazole rings is 1. The predicted molar refractivity (Wildman–Crippen MR) is 141 cm³/mol. The lowest BCUT2D eigenvalue weighted by Gasteiger charge is -2.17. The highest BCUT2D eigenvalue weighted by Crippen LogP contribution is 2.31. The summed E-state index contributed by atoms with van der Waals surface area (Å²) in [6.07, 6.45) is 2.07. The van der Waals surface area contributed by atoms with E-state index in [4.69, 9.17) is 19.2 Å². The molecule has 0 saturated carbocycles. The van der Waals surface area contributed by atoms with Crippen LogP contribution in [-0.4, -0.2) is 50.7 Å². The van der Waals surface area contributed by atoms with Crippen molar-refractivity contribution in [3.63, 3.8) is 0 Å². The van der Waals surface area contributed by atoms with Crippen LogP contribution in [0.2, 0.25) is 0 Å². The topological polar surface area (TPSA) is 68.7 Å². The number of likely N-dealkylation sites (N-methyl/N-ethyl adjacent to an activating group) is 1. The van der Waals surface area contributed by atoms with Crippen molar-refractivity contribution >= 4 is 26.6 Å². The van der Waals surface area contributed by atoms with E-state index in [0.29, 0.717) is 12.5 Å². The van der Waals surface area contributed by atoms with Crippen molar-refractivity contribution in [2.24, 2.45) is 0 Å². The highest BCUT2D eigenvalue weighted by Gasteiger charge is 2.20. The summed E-state index contributed by atoms with van der Waals surface area (Å²) in [4.78, 5) is 13.7. The van der Waals surface area contributed by atoms with Crippen molar-refractivity contribution in [3.8, 4) is 28.4 Å². The molecule has 0 fully saturated rings. The fourth-order valence-corrected chi connectivity index (χ4v) is 4.96. The smallest absolute Gasteiger partial charge is 0.214 e. The van der Waals surface area contributed by atoms with E-state index in [9.17, 15) is 0 Å². The van der Waals surface area contributed by atoms with Crippen LogP contribution in [0, 0.1) is 0 Å². The highest BCUT2D eigenvalue weighted by atomic mass is 32.1. The molecule has 0 saturated heterocycles.